The van der Waals surface area contributed by atoms with E-state index in [0.29, 0.717) is 12.5 Å². The van der Waals surface area contributed by atoms with Crippen molar-refractivity contribution in [3.63, 3.8) is 0 Å². The van der Waals surface area contributed by atoms with E-state index in [1.807, 2.05) is 38.1 Å². The number of hydrogen-bond donors (Lipinski definition) is 2. The van der Waals surface area contributed by atoms with Gasteiger partial charge < -0.3 is 15.4 Å². The highest BCUT2D eigenvalue weighted by Crippen LogP contribution is 2.16. The Morgan fingerprint density at radius 2 is 1.85 bits per heavy atom. The molecule has 0 aliphatic rings. The van der Waals surface area contributed by atoms with E-state index in [-0.39, 0.29) is 18.5 Å². The molecule has 0 saturated carbocycles. The summed E-state index contributed by atoms with van der Waals surface area (Å²) in [5.74, 6) is 1.38. The minimum atomic E-state index is 0.0134. The maximum absolute atomic E-state index is 11.6. The van der Waals surface area contributed by atoms with Crippen molar-refractivity contribution < 1.29 is 9.53 Å². The van der Waals surface area contributed by atoms with Gasteiger partial charge in [-0.2, -0.15) is 0 Å². The number of amides is 1. The van der Waals surface area contributed by atoms with Crippen LogP contribution in [0.1, 0.15) is 34.1 Å². The van der Waals surface area contributed by atoms with Crippen molar-refractivity contribution in [1.29, 1.82) is 0 Å². The molecule has 2 N–H and O–H groups in total. The molecule has 0 fully saturated rings. The third kappa shape index (κ3) is 6.45. The van der Waals surface area contributed by atoms with Crippen LogP contribution in [-0.2, 0) is 4.79 Å². The summed E-state index contributed by atoms with van der Waals surface area (Å²) < 4.78 is 5.61. The number of hydrogen-bond acceptors (Lipinski definition) is 3. The summed E-state index contributed by atoms with van der Waals surface area (Å²) in [6, 6.07) is 7.89. The molecule has 1 aromatic carbocycles. The Labute approximate surface area is 121 Å². The van der Waals surface area contributed by atoms with Gasteiger partial charge >= 0.3 is 0 Å². The van der Waals surface area contributed by atoms with Crippen LogP contribution in [0.2, 0.25) is 0 Å². The van der Waals surface area contributed by atoms with Gasteiger partial charge in [-0.25, -0.2) is 0 Å². The predicted molar refractivity (Wildman–Crippen MR) is 83.2 cm³/mol. The first kappa shape index (κ1) is 16.3. The first-order valence-electron chi connectivity index (χ1n) is 7.27. The number of nitrogens with one attached hydrogen (secondary N) is 2. The van der Waals surface area contributed by atoms with E-state index in [1.54, 1.807) is 0 Å². The largest absolute Gasteiger partial charge is 0.493 e. The second kappa shape index (κ2) is 8.46. The van der Waals surface area contributed by atoms with Gasteiger partial charge in [-0.3, -0.25) is 4.79 Å². The summed E-state index contributed by atoms with van der Waals surface area (Å²) >= 11 is 0. The molecule has 4 heteroatoms. The molecule has 0 aromatic heterocycles. The normalized spacial score (nSPS) is 12.1. The Kier molecular flexibility index (Phi) is 6.91. The van der Waals surface area contributed by atoms with Crippen molar-refractivity contribution in [3.05, 3.63) is 24.3 Å². The Hall–Kier alpha value is -1.71. The van der Waals surface area contributed by atoms with Crippen molar-refractivity contribution in [2.24, 2.45) is 5.92 Å². The summed E-state index contributed by atoms with van der Waals surface area (Å²) in [4.78, 5) is 11.6. The average molecular weight is 278 g/mol. The van der Waals surface area contributed by atoms with Crippen LogP contribution in [0.15, 0.2) is 24.3 Å². The van der Waals surface area contributed by atoms with Gasteiger partial charge in [0.1, 0.15) is 5.75 Å². The molecule has 20 heavy (non-hydrogen) atoms. The molecule has 0 aliphatic heterocycles. The highest BCUT2D eigenvalue weighted by atomic mass is 16.5. The third-order valence-electron chi connectivity index (χ3n) is 2.91. The van der Waals surface area contributed by atoms with Crippen molar-refractivity contribution in [2.75, 3.05) is 18.5 Å². The number of anilines is 1. The molecule has 0 spiro atoms. The van der Waals surface area contributed by atoms with E-state index < -0.39 is 0 Å². The highest BCUT2D eigenvalue weighted by molar-refractivity contribution is 5.80. The van der Waals surface area contributed by atoms with Crippen LogP contribution in [0, 0.1) is 5.92 Å². The minimum absolute atomic E-state index is 0.0134. The van der Waals surface area contributed by atoms with E-state index >= 15 is 0 Å². The summed E-state index contributed by atoms with van der Waals surface area (Å²) in [5, 5.41) is 6.02. The standard InChI is InChI=1S/C16H26N2O2/c1-5-13(4)18-16(19)10-17-14-6-8-15(9-7-14)20-11-12(2)3/h6-9,12-13,17H,5,10-11H2,1-4H3,(H,18,19). The van der Waals surface area contributed by atoms with Gasteiger partial charge in [0.2, 0.25) is 5.91 Å². The maximum Gasteiger partial charge on any atom is 0.239 e. The lowest BCUT2D eigenvalue weighted by molar-refractivity contribution is -0.120. The van der Waals surface area contributed by atoms with Gasteiger partial charge in [0.15, 0.2) is 0 Å². The maximum atomic E-state index is 11.6. The number of carbonyl (C=O) groups excluding carboxylic acids is 1. The summed E-state index contributed by atoms with van der Waals surface area (Å²) in [6.07, 6.45) is 0.938. The SMILES string of the molecule is CCC(C)NC(=O)CNc1ccc(OCC(C)C)cc1. The molecule has 1 rings (SSSR count). The number of ether oxygens (including phenoxy) is 1. The molecule has 0 heterocycles. The Morgan fingerprint density at radius 3 is 2.40 bits per heavy atom. The van der Waals surface area contributed by atoms with Crippen LogP contribution in [0.5, 0.6) is 5.75 Å². The molecule has 1 atom stereocenters. The second-order valence-corrected chi connectivity index (χ2v) is 5.46. The number of carbonyl (C=O) groups is 1. The Balaban J connectivity index is 2.36. The molecule has 1 unspecified atom stereocenters. The quantitative estimate of drug-likeness (QED) is 0.768. The van der Waals surface area contributed by atoms with Crippen molar-refractivity contribution in [2.45, 2.75) is 40.2 Å². The van der Waals surface area contributed by atoms with Gasteiger partial charge in [0.05, 0.1) is 13.2 Å². The van der Waals surface area contributed by atoms with Crippen LogP contribution < -0.4 is 15.4 Å². The van der Waals surface area contributed by atoms with Crippen LogP contribution in [0.4, 0.5) is 5.69 Å². The molecule has 0 saturated heterocycles. The topological polar surface area (TPSA) is 50.4 Å². The van der Waals surface area contributed by atoms with Crippen molar-refractivity contribution >= 4 is 11.6 Å². The summed E-state index contributed by atoms with van der Waals surface area (Å²) in [5.41, 5.74) is 0.918. The van der Waals surface area contributed by atoms with Gasteiger partial charge in [-0.1, -0.05) is 20.8 Å². The fourth-order valence-corrected chi connectivity index (χ4v) is 1.54. The molecule has 1 amide bonds. The van der Waals surface area contributed by atoms with Gasteiger partial charge in [0.25, 0.3) is 0 Å². The lowest BCUT2D eigenvalue weighted by Crippen LogP contribution is -2.36. The number of rotatable bonds is 8. The zero-order valence-electron chi connectivity index (χ0n) is 12.9. The fraction of sp³-hybridized carbons (Fsp3) is 0.562. The summed E-state index contributed by atoms with van der Waals surface area (Å²) in [6.45, 7) is 9.28. The molecule has 0 bridgehead atoms. The second-order valence-electron chi connectivity index (χ2n) is 5.46. The van der Waals surface area contributed by atoms with E-state index in [1.165, 1.54) is 0 Å². The molecule has 1 aromatic rings. The van der Waals surface area contributed by atoms with Gasteiger partial charge in [0, 0.05) is 11.7 Å². The van der Waals surface area contributed by atoms with Gasteiger partial charge in [-0.15, -0.1) is 0 Å². The molecule has 4 nitrogen and oxygen atoms in total. The van der Waals surface area contributed by atoms with Crippen molar-refractivity contribution in [3.8, 4) is 5.75 Å². The van der Waals surface area contributed by atoms with Gasteiger partial charge in [-0.05, 0) is 43.5 Å². The fourth-order valence-electron chi connectivity index (χ4n) is 1.54. The zero-order valence-corrected chi connectivity index (χ0v) is 12.9. The molecule has 0 aliphatic carbocycles. The summed E-state index contributed by atoms with van der Waals surface area (Å²) in [7, 11) is 0. The first-order chi connectivity index (χ1) is 9.51. The third-order valence-corrected chi connectivity index (χ3v) is 2.91. The van der Waals surface area contributed by atoms with Crippen molar-refractivity contribution in [1.82, 2.24) is 5.32 Å². The Morgan fingerprint density at radius 1 is 1.20 bits per heavy atom. The molecular weight excluding hydrogens is 252 g/mol. The van der Waals surface area contributed by atoms with Crippen LogP contribution in [0.3, 0.4) is 0 Å². The average Bonchev–Trinajstić information content (AvgIpc) is 2.43. The predicted octanol–water partition coefficient (Wildman–Crippen LogP) is 3.05. The monoisotopic (exact) mass is 278 g/mol. The van der Waals surface area contributed by atoms with E-state index in [9.17, 15) is 4.79 Å². The van der Waals surface area contributed by atoms with Crippen LogP contribution >= 0.6 is 0 Å². The lowest BCUT2D eigenvalue weighted by atomic mass is 10.2. The van der Waals surface area contributed by atoms with E-state index in [0.717, 1.165) is 17.9 Å². The lowest BCUT2D eigenvalue weighted by Gasteiger charge is -2.13. The first-order valence-corrected chi connectivity index (χ1v) is 7.27. The van der Waals surface area contributed by atoms with Crippen LogP contribution in [-0.4, -0.2) is 25.1 Å². The van der Waals surface area contributed by atoms with Crippen LogP contribution in [0.25, 0.3) is 0 Å². The molecule has 112 valence electrons. The van der Waals surface area contributed by atoms with E-state index in [2.05, 4.69) is 24.5 Å². The Bertz CT molecular complexity index is 401. The smallest absolute Gasteiger partial charge is 0.239 e. The zero-order chi connectivity index (χ0) is 15.0. The molecule has 0 radical (unpaired) electrons. The number of benzene rings is 1. The van der Waals surface area contributed by atoms with E-state index in [4.69, 9.17) is 4.74 Å². The molecular formula is C16H26N2O2. The highest BCUT2D eigenvalue weighted by Gasteiger charge is 2.05. The minimum Gasteiger partial charge on any atom is -0.493 e.